The molecule has 0 amide bonds. The number of aromatic nitrogens is 1. The van der Waals surface area contributed by atoms with Gasteiger partial charge < -0.3 is 14.8 Å². The van der Waals surface area contributed by atoms with E-state index in [1.807, 2.05) is 0 Å². The minimum atomic E-state index is 0.254. The van der Waals surface area contributed by atoms with Crippen LogP contribution in [0.5, 0.6) is 11.5 Å². The fourth-order valence-electron chi connectivity index (χ4n) is 1.67. The van der Waals surface area contributed by atoms with E-state index in [-0.39, 0.29) is 6.04 Å². The molecule has 0 aliphatic rings. The van der Waals surface area contributed by atoms with Gasteiger partial charge in [0.25, 0.3) is 0 Å². The Bertz CT molecular complexity index is 372. The molecule has 102 valence electrons. The zero-order chi connectivity index (χ0) is 13.5. The topological polar surface area (TPSA) is 43.4 Å². The van der Waals surface area contributed by atoms with Crippen LogP contribution in [0.15, 0.2) is 12.3 Å². The highest BCUT2D eigenvalue weighted by molar-refractivity contribution is 6.18. The molecule has 0 saturated heterocycles. The lowest BCUT2D eigenvalue weighted by Gasteiger charge is -2.20. The van der Waals surface area contributed by atoms with E-state index in [9.17, 15) is 0 Å². The Morgan fingerprint density at radius 1 is 1.33 bits per heavy atom. The van der Waals surface area contributed by atoms with Crippen molar-refractivity contribution in [3.8, 4) is 11.5 Å². The molecule has 1 unspecified atom stereocenters. The van der Waals surface area contributed by atoms with Crippen molar-refractivity contribution in [1.29, 1.82) is 0 Å². The van der Waals surface area contributed by atoms with Crippen LogP contribution < -0.4 is 14.8 Å². The van der Waals surface area contributed by atoms with Gasteiger partial charge in [-0.3, -0.25) is 4.98 Å². The summed E-state index contributed by atoms with van der Waals surface area (Å²) in [6, 6.07) is 2.04. The molecular formula is C13H21ClN2O2. The number of nitrogens with zero attached hydrogens (tertiary/aromatic N) is 1. The first-order valence-electron chi connectivity index (χ1n) is 5.99. The molecule has 5 heteroatoms. The smallest absolute Gasteiger partial charge is 0.183 e. The third-order valence-electron chi connectivity index (χ3n) is 2.87. The second-order valence-electron chi connectivity index (χ2n) is 4.38. The molecule has 1 rings (SSSR count). The van der Waals surface area contributed by atoms with Crippen molar-refractivity contribution in [3.63, 3.8) is 0 Å². The Balaban J connectivity index is 2.78. The van der Waals surface area contributed by atoms with Crippen molar-refractivity contribution in [2.45, 2.75) is 26.4 Å². The Labute approximate surface area is 114 Å². The fraction of sp³-hybridized carbons (Fsp3) is 0.615. The van der Waals surface area contributed by atoms with Crippen molar-refractivity contribution in [1.82, 2.24) is 10.3 Å². The number of alkyl halides is 1. The van der Waals surface area contributed by atoms with Gasteiger partial charge >= 0.3 is 0 Å². The van der Waals surface area contributed by atoms with Crippen LogP contribution in [0.1, 0.15) is 19.5 Å². The van der Waals surface area contributed by atoms with E-state index >= 15 is 0 Å². The Kier molecular flexibility index (Phi) is 6.22. The monoisotopic (exact) mass is 272 g/mol. The minimum absolute atomic E-state index is 0.254. The quantitative estimate of drug-likeness (QED) is 0.775. The second-order valence-corrected chi connectivity index (χ2v) is 4.69. The van der Waals surface area contributed by atoms with Crippen molar-refractivity contribution in [2.24, 2.45) is 5.92 Å². The Morgan fingerprint density at radius 2 is 2.06 bits per heavy atom. The molecule has 0 fully saturated rings. The van der Waals surface area contributed by atoms with Gasteiger partial charge in [-0.2, -0.15) is 0 Å². The predicted molar refractivity (Wildman–Crippen MR) is 73.5 cm³/mol. The molecule has 1 aromatic heterocycles. The highest BCUT2D eigenvalue weighted by Gasteiger charge is 2.15. The standard InChI is InChI=1S/C13H21ClN2O2/c1-9(2)10(7-14)16-8-11-13(18-4)12(17-3)5-6-15-11/h5-6,9-10,16H,7-8H2,1-4H3. The van der Waals surface area contributed by atoms with Crippen LogP contribution in [0.3, 0.4) is 0 Å². The van der Waals surface area contributed by atoms with E-state index in [1.54, 1.807) is 26.5 Å². The van der Waals surface area contributed by atoms with Gasteiger partial charge in [0.2, 0.25) is 0 Å². The van der Waals surface area contributed by atoms with Crippen LogP contribution in [-0.4, -0.2) is 31.1 Å². The van der Waals surface area contributed by atoms with Gasteiger partial charge in [0, 0.05) is 30.7 Å². The number of ether oxygens (including phenoxy) is 2. The van der Waals surface area contributed by atoms with Crippen LogP contribution in [0, 0.1) is 5.92 Å². The molecule has 1 atom stereocenters. The van der Waals surface area contributed by atoms with Crippen molar-refractivity contribution < 1.29 is 9.47 Å². The van der Waals surface area contributed by atoms with Crippen LogP contribution in [0.4, 0.5) is 0 Å². The highest BCUT2D eigenvalue weighted by atomic mass is 35.5. The Hall–Kier alpha value is -1.00. The molecule has 0 bridgehead atoms. The zero-order valence-electron chi connectivity index (χ0n) is 11.4. The average molecular weight is 273 g/mol. The number of methoxy groups -OCH3 is 2. The molecule has 0 aliphatic carbocycles. The first-order valence-corrected chi connectivity index (χ1v) is 6.52. The van der Waals surface area contributed by atoms with Gasteiger partial charge in [0.05, 0.1) is 19.9 Å². The molecule has 1 aromatic rings. The van der Waals surface area contributed by atoms with E-state index in [1.165, 1.54) is 0 Å². The largest absolute Gasteiger partial charge is 0.493 e. The first kappa shape index (κ1) is 15.1. The maximum Gasteiger partial charge on any atom is 0.183 e. The molecule has 0 radical (unpaired) electrons. The molecular weight excluding hydrogens is 252 g/mol. The van der Waals surface area contributed by atoms with Crippen molar-refractivity contribution in [3.05, 3.63) is 18.0 Å². The number of halogens is 1. The molecule has 4 nitrogen and oxygen atoms in total. The summed E-state index contributed by atoms with van der Waals surface area (Å²) >= 11 is 5.92. The summed E-state index contributed by atoms with van der Waals surface area (Å²) in [4.78, 5) is 4.31. The number of hydrogen-bond acceptors (Lipinski definition) is 4. The van der Waals surface area contributed by atoms with Gasteiger partial charge in [0.15, 0.2) is 11.5 Å². The molecule has 0 aliphatic heterocycles. The molecule has 0 aromatic carbocycles. The fourth-order valence-corrected chi connectivity index (χ4v) is 2.14. The highest BCUT2D eigenvalue weighted by Crippen LogP contribution is 2.28. The lowest BCUT2D eigenvalue weighted by atomic mass is 10.1. The molecule has 0 spiro atoms. The summed E-state index contributed by atoms with van der Waals surface area (Å²) in [5, 5.41) is 3.38. The van der Waals surface area contributed by atoms with Crippen molar-refractivity contribution >= 4 is 11.6 Å². The third-order valence-corrected chi connectivity index (χ3v) is 3.20. The van der Waals surface area contributed by atoms with E-state index in [4.69, 9.17) is 21.1 Å². The van der Waals surface area contributed by atoms with Crippen LogP contribution in [0.2, 0.25) is 0 Å². The van der Waals surface area contributed by atoms with Gasteiger partial charge in [0.1, 0.15) is 0 Å². The molecule has 18 heavy (non-hydrogen) atoms. The van der Waals surface area contributed by atoms with Gasteiger partial charge in [-0.1, -0.05) is 13.8 Å². The van der Waals surface area contributed by atoms with Crippen LogP contribution in [0.25, 0.3) is 0 Å². The number of rotatable bonds is 7. The number of nitrogens with one attached hydrogen (secondary N) is 1. The van der Waals surface area contributed by atoms with Crippen molar-refractivity contribution in [2.75, 3.05) is 20.1 Å². The number of pyridine rings is 1. The summed E-state index contributed by atoms with van der Waals surface area (Å²) in [6.07, 6.45) is 1.71. The lowest BCUT2D eigenvalue weighted by Crippen LogP contribution is -2.35. The SMILES string of the molecule is COc1ccnc(CNC(CCl)C(C)C)c1OC. The van der Waals surface area contributed by atoms with Gasteiger partial charge in [-0.05, 0) is 5.92 Å². The van der Waals surface area contributed by atoms with Gasteiger partial charge in [-0.25, -0.2) is 0 Å². The summed E-state index contributed by atoms with van der Waals surface area (Å²) in [5.74, 6) is 2.41. The maximum absolute atomic E-state index is 5.92. The van der Waals surface area contributed by atoms with E-state index < -0.39 is 0 Å². The van der Waals surface area contributed by atoms with E-state index in [2.05, 4.69) is 24.1 Å². The second kappa shape index (κ2) is 7.44. The average Bonchev–Trinajstić information content (AvgIpc) is 2.38. The minimum Gasteiger partial charge on any atom is -0.493 e. The van der Waals surface area contributed by atoms with E-state index in [0.717, 1.165) is 5.69 Å². The summed E-state index contributed by atoms with van der Waals surface area (Å²) < 4.78 is 10.6. The number of hydrogen-bond donors (Lipinski definition) is 1. The zero-order valence-corrected chi connectivity index (χ0v) is 12.1. The predicted octanol–water partition coefficient (Wildman–Crippen LogP) is 2.45. The normalized spacial score (nSPS) is 12.6. The first-order chi connectivity index (χ1) is 8.63. The summed E-state index contributed by atoms with van der Waals surface area (Å²) in [7, 11) is 3.23. The van der Waals surface area contributed by atoms with Gasteiger partial charge in [-0.15, -0.1) is 11.6 Å². The Morgan fingerprint density at radius 3 is 2.56 bits per heavy atom. The maximum atomic E-state index is 5.92. The van der Waals surface area contributed by atoms with E-state index in [0.29, 0.717) is 29.8 Å². The summed E-state index contributed by atoms with van der Waals surface area (Å²) in [6.45, 7) is 4.88. The lowest BCUT2D eigenvalue weighted by molar-refractivity contribution is 0.345. The third kappa shape index (κ3) is 3.75. The van der Waals surface area contributed by atoms with Crippen LogP contribution >= 0.6 is 11.6 Å². The molecule has 1 heterocycles. The summed E-state index contributed by atoms with van der Waals surface area (Å²) in [5.41, 5.74) is 0.826. The molecule has 1 N–H and O–H groups in total. The van der Waals surface area contributed by atoms with Crippen LogP contribution in [-0.2, 0) is 6.54 Å². The molecule has 0 saturated carbocycles.